The predicted molar refractivity (Wildman–Crippen MR) is 169 cm³/mol. The van der Waals surface area contributed by atoms with Crippen molar-refractivity contribution >= 4 is 11.9 Å². The zero-order chi connectivity index (χ0) is 30.4. The number of hydrogen-bond donors (Lipinski definition) is 2. The lowest BCUT2D eigenvalue weighted by atomic mass is 10.0. The van der Waals surface area contributed by atoms with E-state index in [-0.39, 0.29) is 18.1 Å². The van der Waals surface area contributed by atoms with Crippen LogP contribution in [0.25, 0.3) is 0 Å². The first-order valence-corrected chi connectivity index (χ1v) is 14.9. The Labute approximate surface area is 254 Å². The number of aromatic carboxylic acids is 1. The number of carbonyl (C=O) groups is 2. The highest BCUT2D eigenvalue weighted by Crippen LogP contribution is 2.23. The average molecular weight is 580 g/mol. The Morgan fingerprint density at radius 2 is 1.30 bits per heavy atom. The van der Waals surface area contributed by atoms with Gasteiger partial charge in [-0.05, 0) is 79.1 Å². The minimum absolute atomic E-state index is 0.140. The van der Waals surface area contributed by atoms with Crippen LogP contribution in [0.4, 0.5) is 0 Å². The minimum Gasteiger partial charge on any atom is -0.481 e. The summed E-state index contributed by atoms with van der Waals surface area (Å²) in [6, 6.07) is 34.4. The van der Waals surface area contributed by atoms with Gasteiger partial charge in [0, 0.05) is 19.5 Å². The summed E-state index contributed by atoms with van der Waals surface area (Å²) >= 11 is 0. The molecule has 0 fully saturated rings. The Balaban J connectivity index is 1.41. The number of carboxylic acids is 2. The normalized spacial score (nSPS) is 11.9. The number of rotatable bonds is 17. The molecule has 43 heavy (non-hydrogen) atoms. The van der Waals surface area contributed by atoms with Crippen molar-refractivity contribution in [3.05, 3.63) is 142 Å². The third-order valence-electron chi connectivity index (χ3n) is 7.61. The summed E-state index contributed by atoms with van der Waals surface area (Å²) in [4.78, 5) is 24.6. The van der Waals surface area contributed by atoms with Crippen molar-refractivity contribution in [2.24, 2.45) is 0 Å². The lowest BCUT2D eigenvalue weighted by Gasteiger charge is -2.28. The first-order valence-electron chi connectivity index (χ1n) is 14.9. The van der Waals surface area contributed by atoms with E-state index in [0.29, 0.717) is 32.7 Å². The van der Waals surface area contributed by atoms with Crippen molar-refractivity contribution in [2.45, 2.75) is 58.3 Å². The van der Waals surface area contributed by atoms with E-state index < -0.39 is 11.9 Å². The van der Waals surface area contributed by atoms with Crippen molar-refractivity contribution < 1.29 is 24.5 Å². The molecule has 0 heterocycles. The van der Waals surface area contributed by atoms with E-state index in [9.17, 15) is 14.7 Å². The van der Waals surface area contributed by atoms with E-state index in [4.69, 9.17) is 9.84 Å². The maximum atomic E-state index is 11.3. The lowest BCUT2D eigenvalue weighted by Crippen LogP contribution is -2.30. The molecule has 0 aliphatic heterocycles. The van der Waals surface area contributed by atoms with Crippen LogP contribution >= 0.6 is 0 Å². The zero-order valence-corrected chi connectivity index (χ0v) is 24.8. The van der Waals surface area contributed by atoms with Crippen LogP contribution in [-0.4, -0.2) is 40.1 Å². The van der Waals surface area contributed by atoms with Crippen LogP contribution in [0.1, 0.15) is 69.1 Å². The molecule has 4 rings (SSSR count). The first kappa shape index (κ1) is 31.7. The van der Waals surface area contributed by atoms with Crippen LogP contribution in [0.3, 0.4) is 0 Å². The molecule has 2 N–H and O–H groups in total. The summed E-state index contributed by atoms with van der Waals surface area (Å²) in [5.74, 6) is -1.74. The molecular weight excluding hydrogens is 538 g/mol. The molecule has 0 aliphatic carbocycles. The Bertz CT molecular complexity index is 1420. The number of hydrogen-bond acceptors (Lipinski definition) is 4. The summed E-state index contributed by atoms with van der Waals surface area (Å²) < 4.78 is 6.54. The molecule has 1 atom stereocenters. The van der Waals surface area contributed by atoms with E-state index >= 15 is 0 Å². The van der Waals surface area contributed by atoms with Gasteiger partial charge in [-0.3, -0.25) is 9.69 Å². The number of unbranched alkanes of at least 4 members (excludes halogenated alkanes) is 1. The van der Waals surface area contributed by atoms with Gasteiger partial charge in [-0.25, -0.2) is 4.79 Å². The van der Waals surface area contributed by atoms with Crippen molar-refractivity contribution in [2.75, 3.05) is 13.1 Å². The number of benzene rings is 4. The molecule has 224 valence electrons. The van der Waals surface area contributed by atoms with Crippen LogP contribution in [0.2, 0.25) is 0 Å². The molecule has 0 unspecified atom stereocenters. The lowest BCUT2D eigenvalue weighted by molar-refractivity contribution is -0.137. The van der Waals surface area contributed by atoms with Gasteiger partial charge in [0.05, 0.1) is 18.3 Å². The smallest absolute Gasteiger partial charge is 0.335 e. The third kappa shape index (κ3) is 10.8. The quantitative estimate of drug-likeness (QED) is 0.126. The number of aryl methyl sites for hydroxylation is 3. The van der Waals surface area contributed by atoms with Gasteiger partial charge >= 0.3 is 11.9 Å². The fraction of sp³-hybridized carbons (Fsp3) is 0.297. The van der Waals surface area contributed by atoms with Crippen LogP contribution in [0.5, 0.6) is 0 Å². The standard InChI is InChI=1S/C37H41NO5/c1-28-10-12-29(13-11-28)14-15-30-16-18-32(19-17-30)27-43-35(33-7-3-2-4-8-33)26-38(24-6-5-9-36(39)40)25-31-20-22-34(23-21-31)37(41)42/h2-4,7-8,10-13,16-23,35H,5-6,9,14-15,24-27H2,1H3,(H,39,40)(H,41,42)/t35-/m0/s1. The molecule has 0 amide bonds. The maximum Gasteiger partial charge on any atom is 0.335 e. The van der Waals surface area contributed by atoms with Gasteiger partial charge in [-0.2, -0.15) is 0 Å². The van der Waals surface area contributed by atoms with Gasteiger partial charge in [0.25, 0.3) is 0 Å². The van der Waals surface area contributed by atoms with Crippen LogP contribution in [0.15, 0.2) is 103 Å². The van der Waals surface area contributed by atoms with Gasteiger partial charge < -0.3 is 14.9 Å². The summed E-state index contributed by atoms with van der Waals surface area (Å²) in [5, 5.41) is 18.3. The monoisotopic (exact) mass is 579 g/mol. The van der Waals surface area contributed by atoms with Gasteiger partial charge in [-0.15, -0.1) is 0 Å². The summed E-state index contributed by atoms with van der Waals surface area (Å²) in [6.45, 7) is 4.50. The number of carboxylic acid groups (broad SMARTS) is 2. The highest BCUT2D eigenvalue weighted by Gasteiger charge is 2.18. The fourth-order valence-corrected chi connectivity index (χ4v) is 5.06. The number of aliphatic carboxylic acids is 1. The van der Waals surface area contributed by atoms with Crippen molar-refractivity contribution in [1.29, 1.82) is 0 Å². The Kier molecular flexibility index (Phi) is 12.1. The highest BCUT2D eigenvalue weighted by molar-refractivity contribution is 5.87. The molecular formula is C37H41NO5. The molecule has 0 spiro atoms. The van der Waals surface area contributed by atoms with Gasteiger partial charge in [0.15, 0.2) is 0 Å². The molecule has 6 nitrogen and oxygen atoms in total. The summed E-state index contributed by atoms with van der Waals surface area (Å²) in [7, 11) is 0. The highest BCUT2D eigenvalue weighted by atomic mass is 16.5. The molecule has 6 heteroatoms. The second kappa shape index (κ2) is 16.4. The topological polar surface area (TPSA) is 87.1 Å². The minimum atomic E-state index is -0.950. The van der Waals surface area contributed by atoms with Crippen LogP contribution < -0.4 is 0 Å². The number of ether oxygens (including phenoxy) is 1. The molecule has 4 aromatic carbocycles. The van der Waals surface area contributed by atoms with Crippen LogP contribution in [-0.2, 0) is 35.5 Å². The Morgan fingerprint density at radius 1 is 0.721 bits per heavy atom. The fourth-order valence-electron chi connectivity index (χ4n) is 5.06. The van der Waals surface area contributed by atoms with Gasteiger partial charge in [0.2, 0.25) is 0 Å². The SMILES string of the molecule is Cc1ccc(CCc2ccc(CO[C@@H](CN(CCCCC(=O)O)Cc3ccc(C(=O)O)cc3)c3ccccc3)cc2)cc1. The molecule has 0 saturated carbocycles. The Hall–Kier alpha value is -4.26. The second-order valence-electron chi connectivity index (χ2n) is 11.1. The second-order valence-corrected chi connectivity index (χ2v) is 11.1. The van der Waals surface area contributed by atoms with E-state index in [1.807, 2.05) is 30.3 Å². The molecule has 0 aromatic heterocycles. The summed E-state index contributed by atoms with van der Waals surface area (Å²) in [5.41, 5.74) is 7.35. The molecule has 0 aliphatic rings. The third-order valence-corrected chi connectivity index (χ3v) is 7.61. The van der Waals surface area contributed by atoms with Crippen LogP contribution in [0, 0.1) is 6.92 Å². The molecule has 0 bridgehead atoms. The molecule has 4 aromatic rings. The number of nitrogens with zero attached hydrogens (tertiary/aromatic N) is 1. The van der Waals surface area contributed by atoms with E-state index in [0.717, 1.165) is 36.0 Å². The van der Waals surface area contributed by atoms with E-state index in [1.54, 1.807) is 12.1 Å². The summed E-state index contributed by atoms with van der Waals surface area (Å²) in [6.07, 6.45) is 3.28. The van der Waals surface area contributed by atoms with Gasteiger partial charge in [0.1, 0.15) is 0 Å². The molecule has 0 saturated heterocycles. The maximum absolute atomic E-state index is 11.3. The first-order chi connectivity index (χ1) is 20.9. The Morgan fingerprint density at radius 3 is 1.91 bits per heavy atom. The van der Waals surface area contributed by atoms with Crippen molar-refractivity contribution in [3.63, 3.8) is 0 Å². The zero-order valence-electron chi connectivity index (χ0n) is 24.8. The largest absolute Gasteiger partial charge is 0.481 e. The van der Waals surface area contributed by atoms with Crippen molar-refractivity contribution in [1.82, 2.24) is 4.90 Å². The van der Waals surface area contributed by atoms with E-state index in [2.05, 4.69) is 72.5 Å². The van der Waals surface area contributed by atoms with Gasteiger partial charge in [-0.1, -0.05) is 96.6 Å². The predicted octanol–water partition coefficient (Wildman–Crippen LogP) is 7.49. The van der Waals surface area contributed by atoms with E-state index in [1.165, 1.54) is 16.7 Å². The average Bonchev–Trinajstić information content (AvgIpc) is 3.02. The molecule has 0 radical (unpaired) electrons. The van der Waals surface area contributed by atoms with Crippen molar-refractivity contribution in [3.8, 4) is 0 Å².